The SMILES string of the molecule is CC(=O)OCC(C)=CCCC=O. The van der Waals surface area contributed by atoms with Crippen LogP contribution >= 0.6 is 0 Å². The maximum atomic E-state index is 10.4. The highest BCUT2D eigenvalue weighted by atomic mass is 16.5. The molecule has 12 heavy (non-hydrogen) atoms. The number of hydrogen-bond acceptors (Lipinski definition) is 3. The molecule has 0 amide bonds. The van der Waals surface area contributed by atoms with Crippen molar-refractivity contribution in [1.29, 1.82) is 0 Å². The van der Waals surface area contributed by atoms with E-state index in [1.165, 1.54) is 6.92 Å². The number of hydrogen-bond donors (Lipinski definition) is 0. The number of unbranched alkanes of at least 4 members (excludes halogenated alkanes) is 1. The van der Waals surface area contributed by atoms with Gasteiger partial charge in [0.05, 0.1) is 0 Å². The van der Waals surface area contributed by atoms with Gasteiger partial charge in [-0.2, -0.15) is 0 Å². The van der Waals surface area contributed by atoms with E-state index >= 15 is 0 Å². The van der Waals surface area contributed by atoms with Crippen LogP contribution in [0.3, 0.4) is 0 Å². The van der Waals surface area contributed by atoms with Gasteiger partial charge in [0.15, 0.2) is 0 Å². The highest BCUT2D eigenvalue weighted by Gasteiger charge is 1.93. The van der Waals surface area contributed by atoms with E-state index in [-0.39, 0.29) is 5.97 Å². The topological polar surface area (TPSA) is 43.4 Å². The molecule has 0 saturated heterocycles. The van der Waals surface area contributed by atoms with Gasteiger partial charge in [-0.05, 0) is 18.9 Å². The maximum absolute atomic E-state index is 10.4. The lowest BCUT2D eigenvalue weighted by atomic mass is 10.2. The van der Waals surface area contributed by atoms with Gasteiger partial charge in [-0.15, -0.1) is 0 Å². The zero-order valence-corrected chi connectivity index (χ0v) is 7.50. The molecule has 0 atom stereocenters. The van der Waals surface area contributed by atoms with Crippen LogP contribution in [0.4, 0.5) is 0 Å². The fraction of sp³-hybridized carbons (Fsp3) is 0.556. The molecule has 3 heteroatoms. The average molecular weight is 170 g/mol. The quantitative estimate of drug-likeness (QED) is 0.271. The summed E-state index contributed by atoms with van der Waals surface area (Å²) >= 11 is 0. The molecular weight excluding hydrogens is 156 g/mol. The average Bonchev–Trinajstić information content (AvgIpc) is 2.01. The summed E-state index contributed by atoms with van der Waals surface area (Å²) in [5, 5.41) is 0. The monoisotopic (exact) mass is 170 g/mol. The Morgan fingerprint density at radius 2 is 2.00 bits per heavy atom. The molecule has 0 aromatic rings. The molecule has 0 fully saturated rings. The van der Waals surface area contributed by atoms with Crippen LogP contribution in [0.15, 0.2) is 11.6 Å². The zero-order chi connectivity index (χ0) is 9.40. The van der Waals surface area contributed by atoms with Gasteiger partial charge in [-0.1, -0.05) is 6.08 Å². The number of carbonyl (C=O) groups is 2. The number of allylic oxidation sites excluding steroid dienone is 1. The van der Waals surface area contributed by atoms with Crippen LogP contribution in [0, 0.1) is 0 Å². The highest BCUT2D eigenvalue weighted by Crippen LogP contribution is 1.97. The lowest BCUT2D eigenvalue weighted by Crippen LogP contribution is -2.01. The highest BCUT2D eigenvalue weighted by molar-refractivity contribution is 5.66. The third-order valence-corrected chi connectivity index (χ3v) is 1.28. The molecule has 0 N–H and O–H groups in total. The maximum Gasteiger partial charge on any atom is 0.302 e. The molecule has 0 heterocycles. The Labute approximate surface area is 72.4 Å². The van der Waals surface area contributed by atoms with Gasteiger partial charge < -0.3 is 9.53 Å². The minimum atomic E-state index is -0.280. The van der Waals surface area contributed by atoms with Crippen LogP contribution in [0.25, 0.3) is 0 Å². The van der Waals surface area contributed by atoms with E-state index < -0.39 is 0 Å². The largest absolute Gasteiger partial charge is 0.461 e. The molecule has 0 radical (unpaired) electrons. The molecule has 0 unspecified atom stereocenters. The second kappa shape index (κ2) is 6.58. The third kappa shape index (κ3) is 6.99. The van der Waals surface area contributed by atoms with Crippen molar-refractivity contribution in [2.75, 3.05) is 6.61 Å². The lowest BCUT2D eigenvalue weighted by Gasteiger charge is -2.00. The minimum absolute atomic E-state index is 0.280. The van der Waals surface area contributed by atoms with E-state index in [1.807, 2.05) is 13.0 Å². The first kappa shape index (κ1) is 10.9. The number of rotatable bonds is 5. The molecule has 0 spiro atoms. The molecule has 68 valence electrons. The molecule has 0 aliphatic carbocycles. The van der Waals surface area contributed by atoms with Crippen molar-refractivity contribution in [1.82, 2.24) is 0 Å². The molecule has 0 aliphatic rings. The smallest absolute Gasteiger partial charge is 0.302 e. The summed E-state index contributed by atoms with van der Waals surface area (Å²) in [5.41, 5.74) is 0.979. The Morgan fingerprint density at radius 3 is 2.50 bits per heavy atom. The van der Waals surface area contributed by atoms with Crippen molar-refractivity contribution in [2.45, 2.75) is 26.7 Å². The van der Waals surface area contributed by atoms with Gasteiger partial charge in [0.2, 0.25) is 0 Å². The number of ether oxygens (including phenoxy) is 1. The Bertz CT molecular complexity index is 182. The second-order valence-electron chi connectivity index (χ2n) is 2.57. The van der Waals surface area contributed by atoms with Crippen molar-refractivity contribution < 1.29 is 14.3 Å². The summed E-state index contributed by atoms with van der Waals surface area (Å²) < 4.78 is 4.74. The fourth-order valence-electron chi connectivity index (χ4n) is 0.672. The normalized spacial score (nSPS) is 11.0. The molecule has 0 bridgehead atoms. The van der Waals surface area contributed by atoms with Gasteiger partial charge in [0, 0.05) is 13.3 Å². The third-order valence-electron chi connectivity index (χ3n) is 1.28. The zero-order valence-electron chi connectivity index (χ0n) is 7.50. The first-order valence-corrected chi connectivity index (χ1v) is 3.89. The van der Waals surface area contributed by atoms with Crippen molar-refractivity contribution in [3.63, 3.8) is 0 Å². The van der Waals surface area contributed by atoms with Crippen LogP contribution < -0.4 is 0 Å². The Kier molecular flexibility index (Phi) is 5.97. The summed E-state index contributed by atoms with van der Waals surface area (Å²) in [5.74, 6) is -0.280. The Morgan fingerprint density at radius 1 is 1.33 bits per heavy atom. The predicted octanol–water partition coefficient (Wildman–Crippen LogP) is 1.47. The van der Waals surface area contributed by atoms with Gasteiger partial charge in [0.25, 0.3) is 0 Å². The lowest BCUT2D eigenvalue weighted by molar-refractivity contribution is -0.140. The van der Waals surface area contributed by atoms with E-state index in [2.05, 4.69) is 0 Å². The number of aldehydes is 1. The fourth-order valence-corrected chi connectivity index (χ4v) is 0.672. The molecule has 0 aromatic carbocycles. The van der Waals surface area contributed by atoms with Crippen LogP contribution in [-0.4, -0.2) is 18.9 Å². The van der Waals surface area contributed by atoms with Gasteiger partial charge in [-0.3, -0.25) is 4.79 Å². The number of esters is 1. The summed E-state index contributed by atoms with van der Waals surface area (Å²) in [6.07, 6.45) is 4.01. The van der Waals surface area contributed by atoms with E-state index in [0.717, 1.165) is 18.3 Å². The molecule has 0 saturated carbocycles. The van der Waals surface area contributed by atoms with E-state index in [9.17, 15) is 9.59 Å². The molecule has 0 aliphatic heterocycles. The molecule has 0 aromatic heterocycles. The van der Waals surface area contributed by atoms with E-state index in [0.29, 0.717) is 13.0 Å². The molecule has 0 rings (SSSR count). The van der Waals surface area contributed by atoms with Crippen LogP contribution in [-0.2, 0) is 14.3 Å². The van der Waals surface area contributed by atoms with Crippen LogP contribution in [0.5, 0.6) is 0 Å². The van der Waals surface area contributed by atoms with E-state index in [1.54, 1.807) is 0 Å². The van der Waals surface area contributed by atoms with Crippen molar-refractivity contribution in [3.05, 3.63) is 11.6 Å². The number of carbonyl (C=O) groups excluding carboxylic acids is 2. The first-order valence-electron chi connectivity index (χ1n) is 3.89. The Balaban J connectivity index is 3.55. The van der Waals surface area contributed by atoms with Gasteiger partial charge in [0.1, 0.15) is 12.9 Å². The van der Waals surface area contributed by atoms with Gasteiger partial charge >= 0.3 is 5.97 Å². The molecular formula is C9H14O3. The summed E-state index contributed by atoms with van der Waals surface area (Å²) in [6, 6.07) is 0. The van der Waals surface area contributed by atoms with Crippen molar-refractivity contribution in [3.8, 4) is 0 Å². The predicted molar refractivity (Wildman–Crippen MR) is 45.7 cm³/mol. The minimum Gasteiger partial charge on any atom is -0.461 e. The summed E-state index contributed by atoms with van der Waals surface area (Å²) in [7, 11) is 0. The second-order valence-corrected chi connectivity index (χ2v) is 2.57. The summed E-state index contributed by atoms with van der Waals surface area (Å²) in [6.45, 7) is 3.57. The summed E-state index contributed by atoms with van der Waals surface area (Å²) in [4.78, 5) is 20.3. The van der Waals surface area contributed by atoms with E-state index in [4.69, 9.17) is 4.74 Å². The first-order chi connectivity index (χ1) is 5.66. The molecule has 3 nitrogen and oxygen atoms in total. The van der Waals surface area contributed by atoms with Crippen LogP contribution in [0.2, 0.25) is 0 Å². The standard InChI is InChI=1S/C9H14O3/c1-8(5-3-4-6-10)7-12-9(2)11/h5-6H,3-4,7H2,1-2H3. The van der Waals surface area contributed by atoms with Crippen molar-refractivity contribution in [2.24, 2.45) is 0 Å². The Hall–Kier alpha value is -1.12. The van der Waals surface area contributed by atoms with Crippen LogP contribution in [0.1, 0.15) is 26.7 Å². The van der Waals surface area contributed by atoms with Crippen molar-refractivity contribution >= 4 is 12.3 Å². The van der Waals surface area contributed by atoms with Gasteiger partial charge in [-0.25, -0.2) is 0 Å².